The van der Waals surface area contributed by atoms with Gasteiger partial charge in [-0.15, -0.1) is 11.3 Å². The molecule has 7 heteroatoms. The second kappa shape index (κ2) is 9.72. The van der Waals surface area contributed by atoms with Crippen LogP contribution >= 0.6 is 11.3 Å². The maximum atomic E-state index is 13.2. The van der Waals surface area contributed by atoms with Crippen LogP contribution in [0.3, 0.4) is 0 Å². The lowest BCUT2D eigenvalue weighted by Gasteiger charge is -2.44. The molecule has 0 aromatic carbocycles. The van der Waals surface area contributed by atoms with Gasteiger partial charge in [0.2, 0.25) is 5.91 Å². The Bertz CT molecular complexity index is 661. The Balaban J connectivity index is 1.67. The molecule has 1 aliphatic carbocycles. The predicted octanol–water partition coefficient (Wildman–Crippen LogP) is 4.66. The molecule has 2 fully saturated rings. The molecule has 3 amide bonds. The Morgan fingerprint density at radius 2 is 1.82 bits per heavy atom. The van der Waals surface area contributed by atoms with Gasteiger partial charge in [-0.05, 0) is 57.8 Å². The van der Waals surface area contributed by atoms with E-state index in [0.717, 1.165) is 56.0 Å². The number of likely N-dealkylation sites (tertiary alicyclic amines) is 1. The summed E-state index contributed by atoms with van der Waals surface area (Å²) in [5.74, 6) is 0.998. The van der Waals surface area contributed by atoms with Crippen molar-refractivity contribution in [3.63, 3.8) is 0 Å². The number of urea groups is 1. The summed E-state index contributed by atoms with van der Waals surface area (Å²) in [6.07, 6.45) is 9.54. The van der Waals surface area contributed by atoms with E-state index in [1.54, 1.807) is 6.20 Å². The van der Waals surface area contributed by atoms with Crippen LogP contribution in [0.25, 0.3) is 0 Å². The molecule has 0 bridgehead atoms. The second-order valence-electron chi connectivity index (χ2n) is 8.39. The molecule has 2 heterocycles. The van der Waals surface area contributed by atoms with Crippen molar-refractivity contribution < 1.29 is 9.59 Å². The van der Waals surface area contributed by atoms with Crippen molar-refractivity contribution in [2.75, 3.05) is 18.4 Å². The SMILES string of the molecule is CCCC(=O)N1CCC(N(C(=O)Nc2ncc(C)s2)[C@H]2CC[C@H](C)CC2)CC1. The van der Waals surface area contributed by atoms with Crippen molar-refractivity contribution >= 4 is 28.4 Å². The first-order valence-corrected chi connectivity index (χ1v) is 11.6. The minimum Gasteiger partial charge on any atom is -0.343 e. The highest BCUT2D eigenvalue weighted by atomic mass is 32.1. The molecule has 1 saturated carbocycles. The standard InChI is InChI=1S/C21H34N4O2S/c1-4-5-19(26)24-12-10-18(11-13-24)25(17-8-6-15(2)7-9-17)21(27)23-20-22-14-16(3)28-20/h14-15,17-18H,4-13H2,1-3H3,(H,22,23,27)/t15-,17-. The minimum absolute atomic E-state index is 0.0211. The molecule has 1 saturated heterocycles. The number of nitrogens with zero attached hydrogens (tertiary/aromatic N) is 3. The molecule has 0 unspecified atom stereocenters. The van der Waals surface area contributed by atoms with E-state index >= 15 is 0 Å². The van der Waals surface area contributed by atoms with Crippen molar-refractivity contribution in [2.24, 2.45) is 5.92 Å². The monoisotopic (exact) mass is 406 g/mol. The topological polar surface area (TPSA) is 65.5 Å². The molecular formula is C21H34N4O2S. The Labute approximate surface area is 172 Å². The number of aryl methyl sites for hydroxylation is 1. The van der Waals surface area contributed by atoms with Crippen molar-refractivity contribution in [2.45, 2.75) is 84.2 Å². The third-order valence-corrected chi connectivity index (χ3v) is 6.95. The van der Waals surface area contributed by atoms with Gasteiger partial charge in [-0.25, -0.2) is 9.78 Å². The van der Waals surface area contributed by atoms with E-state index in [0.29, 0.717) is 17.6 Å². The summed E-state index contributed by atoms with van der Waals surface area (Å²) in [4.78, 5) is 34.9. The van der Waals surface area contributed by atoms with Crippen molar-refractivity contribution in [1.82, 2.24) is 14.8 Å². The molecule has 0 atom stereocenters. The number of rotatable bonds is 5. The molecule has 1 aliphatic heterocycles. The average Bonchev–Trinajstić information content (AvgIpc) is 3.09. The Morgan fingerprint density at radius 1 is 1.18 bits per heavy atom. The fourth-order valence-corrected chi connectivity index (χ4v) is 5.14. The molecule has 0 spiro atoms. The normalized spacial score (nSPS) is 23.5. The summed E-state index contributed by atoms with van der Waals surface area (Å²) in [5, 5.41) is 3.71. The number of carbonyl (C=O) groups excluding carboxylic acids is 2. The maximum Gasteiger partial charge on any atom is 0.324 e. The Hall–Kier alpha value is -1.63. The van der Waals surface area contributed by atoms with Gasteiger partial charge >= 0.3 is 6.03 Å². The number of aromatic nitrogens is 1. The first-order valence-electron chi connectivity index (χ1n) is 10.8. The Morgan fingerprint density at radius 3 is 2.39 bits per heavy atom. The summed E-state index contributed by atoms with van der Waals surface area (Å²) in [7, 11) is 0. The maximum absolute atomic E-state index is 13.2. The van der Waals surface area contributed by atoms with Crippen LogP contribution in [0.1, 0.15) is 70.1 Å². The zero-order chi connectivity index (χ0) is 20.1. The van der Waals surface area contributed by atoms with Gasteiger partial charge < -0.3 is 9.80 Å². The van der Waals surface area contributed by atoms with E-state index in [9.17, 15) is 9.59 Å². The Kier molecular flexibility index (Phi) is 7.32. The van der Waals surface area contributed by atoms with E-state index in [1.807, 2.05) is 18.7 Å². The van der Waals surface area contributed by atoms with Gasteiger partial charge in [-0.2, -0.15) is 0 Å². The quantitative estimate of drug-likeness (QED) is 0.774. The molecule has 0 radical (unpaired) electrons. The molecular weight excluding hydrogens is 372 g/mol. The van der Waals surface area contributed by atoms with Gasteiger partial charge in [0.15, 0.2) is 5.13 Å². The van der Waals surface area contributed by atoms with Crippen LogP contribution < -0.4 is 5.32 Å². The number of hydrogen-bond donors (Lipinski definition) is 1. The van der Waals surface area contributed by atoms with Crippen LogP contribution in [0.5, 0.6) is 0 Å². The molecule has 1 aromatic rings. The highest BCUT2D eigenvalue weighted by Crippen LogP contribution is 2.31. The van der Waals surface area contributed by atoms with Crippen molar-refractivity contribution in [3.05, 3.63) is 11.1 Å². The number of carbonyl (C=O) groups is 2. The second-order valence-corrected chi connectivity index (χ2v) is 9.62. The minimum atomic E-state index is -0.0211. The third kappa shape index (κ3) is 5.25. The molecule has 6 nitrogen and oxygen atoms in total. The molecule has 1 aromatic heterocycles. The zero-order valence-electron chi connectivity index (χ0n) is 17.4. The summed E-state index contributed by atoms with van der Waals surface area (Å²) in [6, 6.07) is 0.470. The summed E-state index contributed by atoms with van der Waals surface area (Å²) >= 11 is 1.51. The lowest BCUT2D eigenvalue weighted by Crippen LogP contribution is -2.54. The fourth-order valence-electron chi connectivity index (χ4n) is 4.48. The largest absolute Gasteiger partial charge is 0.343 e. The average molecular weight is 407 g/mol. The van der Waals surface area contributed by atoms with Gasteiger partial charge in [0.05, 0.1) is 0 Å². The summed E-state index contributed by atoms with van der Waals surface area (Å²) in [6.45, 7) is 7.86. The van der Waals surface area contributed by atoms with Crippen LogP contribution in [0.2, 0.25) is 0 Å². The summed E-state index contributed by atoms with van der Waals surface area (Å²) < 4.78 is 0. The van der Waals surface area contributed by atoms with Gasteiger partial charge in [-0.1, -0.05) is 13.8 Å². The first-order chi connectivity index (χ1) is 13.5. The zero-order valence-corrected chi connectivity index (χ0v) is 18.3. The van der Waals surface area contributed by atoms with Crippen LogP contribution in [0, 0.1) is 12.8 Å². The van der Waals surface area contributed by atoms with Crippen LogP contribution in [-0.2, 0) is 4.79 Å². The molecule has 2 aliphatic rings. The van der Waals surface area contributed by atoms with E-state index in [1.165, 1.54) is 24.2 Å². The number of hydrogen-bond acceptors (Lipinski definition) is 4. The fraction of sp³-hybridized carbons (Fsp3) is 0.762. The van der Waals surface area contributed by atoms with Gasteiger partial charge in [0.25, 0.3) is 0 Å². The summed E-state index contributed by atoms with van der Waals surface area (Å²) in [5.41, 5.74) is 0. The lowest BCUT2D eigenvalue weighted by atomic mass is 9.85. The highest BCUT2D eigenvalue weighted by Gasteiger charge is 2.35. The smallest absolute Gasteiger partial charge is 0.324 e. The number of amides is 3. The number of anilines is 1. The van der Waals surface area contributed by atoms with E-state index < -0.39 is 0 Å². The van der Waals surface area contributed by atoms with Gasteiger partial charge in [0, 0.05) is 42.7 Å². The van der Waals surface area contributed by atoms with Crippen LogP contribution in [0.15, 0.2) is 6.20 Å². The van der Waals surface area contributed by atoms with Gasteiger partial charge in [-0.3, -0.25) is 10.1 Å². The first kappa shape index (κ1) is 21.1. The van der Waals surface area contributed by atoms with Crippen LogP contribution in [0.4, 0.5) is 9.93 Å². The number of nitrogens with one attached hydrogen (secondary N) is 1. The van der Waals surface area contributed by atoms with Crippen molar-refractivity contribution in [1.29, 1.82) is 0 Å². The molecule has 1 N–H and O–H groups in total. The third-order valence-electron chi connectivity index (χ3n) is 6.12. The molecule has 156 valence electrons. The van der Waals surface area contributed by atoms with Gasteiger partial charge in [0.1, 0.15) is 0 Å². The highest BCUT2D eigenvalue weighted by molar-refractivity contribution is 7.15. The lowest BCUT2D eigenvalue weighted by molar-refractivity contribution is -0.132. The molecule has 3 rings (SSSR count). The van der Waals surface area contributed by atoms with Crippen LogP contribution in [-0.4, -0.2) is 51.9 Å². The van der Waals surface area contributed by atoms with E-state index in [-0.39, 0.29) is 18.0 Å². The van der Waals surface area contributed by atoms with E-state index in [2.05, 4.69) is 22.1 Å². The predicted molar refractivity (Wildman–Crippen MR) is 114 cm³/mol. The number of thiazole rings is 1. The molecule has 28 heavy (non-hydrogen) atoms. The van der Waals surface area contributed by atoms with Crippen molar-refractivity contribution in [3.8, 4) is 0 Å². The number of piperidine rings is 1. The van der Waals surface area contributed by atoms with E-state index in [4.69, 9.17) is 0 Å².